The maximum absolute atomic E-state index is 14.9. The Morgan fingerprint density at radius 1 is 1.44 bits per heavy atom. The fourth-order valence-corrected chi connectivity index (χ4v) is 2.16. The minimum absolute atomic E-state index is 0.431. The standard InChI is InChI=1S/C14H18FNO2/c1-3-16-10(2)14(15,9-17)12-5-4-11-6-7-18-13(11)8-12/h4-8,10,16-17H,3,9H2,1-2H3. The lowest BCUT2D eigenvalue weighted by molar-refractivity contribution is 0.0370. The van der Waals surface area contributed by atoms with Gasteiger partial charge in [0.15, 0.2) is 5.67 Å². The van der Waals surface area contributed by atoms with Crippen molar-refractivity contribution in [3.05, 3.63) is 36.1 Å². The molecule has 2 N–H and O–H groups in total. The van der Waals surface area contributed by atoms with Crippen LogP contribution in [0, 0.1) is 0 Å². The highest BCUT2D eigenvalue weighted by Gasteiger charge is 2.37. The van der Waals surface area contributed by atoms with Gasteiger partial charge in [-0.2, -0.15) is 0 Å². The summed E-state index contributed by atoms with van der Waals surface area (Å²) >= 11 is 0. The van der Waals surface area contributed by atoms with E-state index in [4.69, 9.17) is 4.42 Å². The molecule has 18 heavy (non-hydrogen) atoms. The molecule has 0 saturated heterocycles. The van der Waals surface area contributed by atoms with Crippen LogP contribution >= 0.6 is 0 Å². The van der Waals surface area contributed by atoms with E-state index in [1.165, 1.54) is 0 Å². The Labute approximate surface area is 106 Å². The van der Waals surface area contributed by atoms with Gasteiger partial charge in [0.05, 0.1) is 12.9 Å². The van der Waals surface area contributed by atoms with Crippen molar-refractivity contribution >= 4 is 11.0 Å². The number of rotatable bonds is 5. The highest BCUT2D eigenvalue weighted by molar-refractivity contribution is 5.77. The number of aliphatic hydroxyl groups excluding tert-OH is 1. The fraction of sp³-hybridized carbons (Fsp3) is 0.429. The molecule has 0 radical (unpaired) electrons. The molecule has 0 bridgehead atoms. The lowest BCUT2D eigenvalue weighted by atomic mass is 9.89. The van der Waals surface area contributed by atoms with Gasteiger partial charge in [-0.05, 0) is 31.2 Å². The fourth-order valence-electron chi connectivity index (χ4n) is 2.16. The molecule has 0 aliphatic rings. The number of alkyl halides is 1. The summed E-state index contributed by atoms with van der Waals surface area (Å²) in [7, 11) is 0. The predicted molar refractivity (Wildman–Crippen MR) is 69.2 cm³/mol. The first-order chi connectivity index (χ1) is 8.61. The molecule has 1 aromatic carbocycles. The molecule has 0 spiro atoms. The van der Waals surface area contributed by atoms with Gasteiger partial charge in [0, 0.05) is 11.4 Å². The van der Waals surface area contributed by atoms with Gasteiger partial charge in [0.1, 0.15) is 5.58 Å². The zero-order chi connectivity index (χ0) is 13.2. The molecule has 3 nitrogen and oxygen atoms in total. The van der Waals surface area contributed by atoms with Crippen LogP contribution in [-0.4, -0.2) is 24.3 Å². The van der Waals surface area contributed by atoms with Crippen molar-refractivity contribution in [1.82, 2.24) is 5.32 Å². The molecule has 0 aliphatic heterocycles. The second-order valence-electron chi connectivity index (χ2n) is 4.47. The summed E-state index contributed by atoms with van der Waals surface area (Å²) in [6.45, 7) is 3.72. The van der Waals surface area contributed by atoms with E-state index in [1.807, 2.05) is 13.0 Å². The molecule has 1 aromatic heterocycles. The molecule has 0 amide bonds. The van der Waals surface area contributed by atoms with Crippen molar-refractivity contribution in [2.24, 2.45) is 0 Å². The van der Waals surface area contributed by atoms with E-state index in [0.29, 0.717) is 17.7 Å². The third-order valence-corrected chi connectivity index (χ3v) is 3.36. The van der Waals surface area contributed by atoms with E-state index in [-0.39, 0.29) is 0 Å². The molecule has 2 atom stereocenters. The summed E-state index contributed by atoms with van der Waals surface area (Å²) in [4.78, 5) is 0. The second kappa shape index (κ2) is 5.08. The maximum atomic E-state index is 14.9. The molecule has 2 aromatic rings. The molecule has 0 fully saturated rings. The number of likely N-dealkylation sites (N-methyl/N-ethyl adjacent to an activating group) is 1. The van der Waals surface area contributed by atoms with Gasteiger partial charge in [-0.1, -0.05) is 19.1 Å². The molecule has 4 heteroatoms. The quantitative estimate of drug-likeness (QED) is 0.858. The number of hydrogen-bond acceptors (Lipinski definition) is 3. The van der Waals surface area contributed by atoms with Crippen LogP contribution in [0.3, 0.4) is 0 Å². The van der Waals surface area contributed by atoms with Crippen LogP contribution in [0.2, 0.25) is 0 Å². The number of fused-ring (bicyclic) bond motifs is 1. The lowest BCUT2D eigenvalue weighted by Crippen LogP contribution is -2.46. The second-order valence-corrected chi connectivity index (χ2v) is 4.47. The summed E-state index contributed by atoms with van der Waals surface area (Å²) in [6, 6.07) is 6.50. The molecular formula is C14H18FNO2. The largest absolute Gasteiger partial charge is 0.464 e. The smallest absolute Gasteiger partial charge is 0.173 e. The van der Waals surface area contributed by atoms with E-state index in [2.05, 4.69) is 5.32 Å². The van der Waals surface area contributed by atoms with Gasteiger partial charge >= 0.3 is 0 Å². The normalized spacial score (nSPS) is 16.7. The van der Waals surface area contributed by atoms with Crippen LogP contribution < -0.4 is 5.32 Å². The highest BCUT2D eigenvalue weighted by atomic mass is 19.1. The first-order valence-corrected chi connectivity index (χ1v) is 6.12. The zero-order valence-electron chi connectivity index (χ0n) is 10.6. The van der Waals surface area contributed by atoms with Crippen LogP contribution in [0.15, 0.2) is 34.9 Å². The Morgan fingerprint density at radius 3 is 2.89 bits per heavy atom. The average Bonchev–Trinajstić information content (AvgIpc) is 2.85. The monoisotopic (exact) mass is 251 g/mol. The maximum Gasteiger partial charge on any atom is 0.173 e. The third kappa shape index (κ3) is 2.13. The molecule has 98 valence electrons. The van der Waals surface area contributed by atoms with Crippen molar-refractivity contribution < 1.29 is 13.9 Å². The summed E-state index contributed by atoms with van der Waals surface area (Å²) in [5, 5.41) is 13.4. The van der Waals surface area contributed by atoms with Gasteiger partial charge in [-0.25, -0.2) is 4.39 Å². The SMILES string of the molecule is CCNC(C)C(F)(CO)c1ccc2ccoc2c1. The number of benzene rings is 1. The zero-order valence-corrected chi connectivity index (χ0v) is 10.6. The minimum atomic E-state index is -1.81. The van der Waals surface area contributed by atoms with E-state index in [0.717, 1.165) is 5.39 Å². The first-order valence-electron chi connectivity index (χ1n) is 6.12. The lowest BCUT2D eigenvalue weighted by Gasteiger charge is -2.30. The van der Waals surface area contributed by atoms with E-state index < -0.39 is 18.3 Å². The third-order valence-electron chi connectivity index (χ3n) is 3.36. The van der Waals surface area contributed by atoms with E-state index in [9.17, 15) is 9.50 Å². The van der Waals surface area contributed by atoms with E-state index >= 15 is 0 Å². The topological polar surface area (TPSA) is 45.4 Å². The molecule has 1 heterocycles. The molecule has 0 saturated carbocycles. The Hall–Kier alpha value is -1.39. The van der Waals surface area contributed by atoms with E-state index in [1.54, 1.807) is 31.4 Å². The van der Waals surface area contributed by atoms with Crippen molar-refractivity contribution in [1.29, 1.82) is 0 Å². The van der Waals surface area contributed by atoms with Crippen molar-refractivity contribution in [2.75, 3.05) is 13.2 Å². The van der Waals surface area contributed by atoms with Crippen molar-refractivity contribution in [2.45, 2.75) is 25.6 Å². The van der Waals surface area contributed by atoms with Crippen LogP contribution in [0.25, 0.3) is 11.0 Å². The summed E-state index contributed by atoms with van der Waals surface area (Å²) in [5.41, 5.74) is -0.746. The van der Waals surface area contributed by atoms with Crippen molar-refractivity contribution in [3.8, 4) is 0 Å². The number of hydrogen-bond donors (Lipinski definition) is 2. The molecule has 0 aliphatic carbocycles. The summed E-state index contributed by atoms with van der Waals surface area (Å²) in [6.07, 6.45) is 1.57. The van der Waals surface area contributed by atoms with Gasteiger partial charge in [0.2, 0.25) is 0 Å². The predicted octanol–water partition coefficient (Wildman–Crippen LogP) is 2.59. The minimum Gasteiger partial charge on any atom is -0.464 e. The highest BCUT2D eigenvalue weighted by Crippen LogP contribution is 2.32. The number of aliphatic hydroxyl groups is 1. The first kappa shape index (κ1) is 13.1. The van der Waals surface area contributed by atoms with Gasteiger partial charge in [-0.15, -0.1) is 0 Å². The number of furan rings is 1. The number of halogens is 1. The Kier molecular flexibility index (Phi) is 3.68. The number of nitrogens with one attached hydrogen (secondary N) is 1. The molecule has 2 rings (SSSR count). The van der Waals surface area contributed by atoms with Gasteiger partial charge in [0.25, 0.3) is 0 Å². The molecular weight excluding hydrogens is 233 g/mol. The average molecular weight is 251 g/mol. The summed E-state index contributed by atoms with van der Waals surface area (Å²) in [5.74, 6) is 0. The van der Waals surface area contributed by atoms with Crippen LogP contribution in [-0.2, 0) is 5.67 Å². The van der Waals surface area contributed by atoms with Gasteiger partial charge < -0.3 is 14.8 Å². The van der Waals surface area contributed by atoms with Crippen molar-refractivity contribution in [3.63, 3.8) is 0 Å². The summed E-state index contributed by atoms with van der Waals surface area (Å²) < 4.78 is 20.2. The van der Waals surface area contributed by atoms with Crippen LogP contribution in [0.5, 0.6) is 0 Å². The Morgan fingerprint density at radius 2 is 2.22 bits per heavy atom. The Bertz CT molecular complexity index is 525. The van der Waals surface area contributed by atoms with Crippen LogP contribution in [0.1, 0.15) is 19.4 Å². The van der Waals surface area contributed by atoms with Crippen LogP contribution in [0.4, 0.5) is 4.39 Å². The van der Waals surface area contributed by atoms with Gasteiger partial charge in [-0.3, -0.25) is 0 Å². The molecule has 2 unspecified atom stereocenters. The Balaban J connectivity index is 2.41.